The number of hydrogen-bond donors (Lipinski definition) is 0. The Kier molecular flexibility index (Phi) is 9.87. The molecule has 0 fully saturated rings. The number of nitro groups is 1. The summed E-state index contributed by atoms with van der Waals surface area (Å²) in [4.78, 5) is 32.9. The molecule has 3 aromatic rings. The van der Waals surface area contributed by atoms with Gasteiger partial charge in [-0.1, -0.05) is 36.8 Å². The van der Waals surface area contributed by atoms with Crippen LogP contribution in [0.1, 0.15) is 24.2 Å². The Labute approximate surface area is 212 Å². The van der Waals surface area contributed by atoms with Crippen LogP contribution in [-0.4, -0.2) is 61.1 Å². The number of amides is 1. The minimum absolute atomic E-state index is 0. The van der Waals surface area contributed by atoms with Crippen LogP contribution in [0, 0.1) is 10.1 Å². The van der Waals surface area contributed by atoms with E-state index in [2.05, 4.69) is 9.88 Å². The van der Waals surface area contributed by atoms with E-state index in [9.17, 15) is 14.9 Å². The van der Waals surface area contributed by atoms with Crippen molar-refractivity contribution in [3.05, 3.63) is 51.0 Å². The van der Waals surface area contributed by atoms with Crippen LogP contribution in [0.5, 0.6) is 11.5 Å². The highest BCUT2D eigenvalue weighted by atomic mass is 35.5. The number of methoxy groups -OCH3 is 2. The lowest BCUT2D eigenvalue weighted by atomic mass is 10.1. The van der Waals surface area contributed by atoms with Gasteiger partial charge in [-0.15, -0.1) is 12.4 Å². The highest BCUT2D eigenvalue weighted by Crippen LogP contribution is 2.40. The molecular weight excluding hydrogens is 503 g/mol. The van der Waals surface area contributed by atoms with E-state index in [4.69, 9.17) is 21.1 Å². The molecule has 9 nitrogen and oxygen atoms in total. The fraction of sp³-hybridized carbons (Fsp3) is 0.364. The van der Waals surface area contributed by atoms with Crippen molar-refractivity contribution in [1.82, 2.24) is 9.88 Å². The SMILES string of the molecule is CCN(CC)CCN(C(=O)c1cc(Cl)ccc1[N+](=O)[O-])c1nc2c(OC)ccc(OC)c2s1.Cl. The average Bonchev–Trinajstić information content (AvgIpc) is 3.25. The first-order valence-corrected chi connectivity index (χ1v) is 11.5. The number of rotatable bonds is 10. The molecule has 0 spiro atoms. The monoisotopic (exact) mass is 528 g/mol. The fourth-order valence-electron chi connectivity index (χ4n) is 3.44. The third kappa shape index (κ3) is 5.69. The van der Waals surface area contributed by atoms with Crippen LogP contribution < -0.4 is 14.4 Å². The molecule has 1 aromatic heterocycles. The highest BCUT2D eigenvalue weighted by molar-refractivity contribution is 7.22. The molecule has 0 saturated carbocycles. The van der Waals surface area contributed by atoms with Crippen LogP contribution in [-0.2, 0) is 0 Å². The first-order chi connectivity index (χ1) is 15.8. The quantitative estimate of drug-likeness (QED) is 0.260. The Morgan fingerprint density at radius 3 is 2.35 bits per heavy atom. The van der Waals surface area contributed by atoms with Crippen molar-refractivity contribution in [2.45, 2.75) is 13.8 Å². The lowest BCUT2D eigenvalue weighted by molar-refractivity contribution is -0.385. The van der Waals surface area contributed by atoms with Crippen molar-refractivity contribution in [2.24, 2.45) is 0 Å². The second-order valence-corrected chi connectivity index (χ2v) is 8.46. The number of benzene rings is 2. The van der Waals surface area contributed by atoms with Crippen molar-refractivity contribution in [3.8, 4) is 11.5 Å². The van der Waals surface area contributed by atoms with E-state index < -0.39 is 10.8 Å². The largest absolute Gasteiger partial charge is 0.495 e. The van der Waals surface area contributed by atoms with Gasteiger partial charge >= 0.3 is 0 Å². The van der Waals surface area contributed by atoms with Crippen molar-refractivity contribution in [1.29, 1.82) is 0 Å². The highest BCUT2D eigenvalue weighted by Gasteiger charge is 2.29. The number of likely N-dealkylation sites (N-methyl/N-ethyl adjacent to an activating group) is 1. The van der Waals surface area contributed by atoms with Gasteiger partial charge < -0.3 is 14.4 Å². The Bertz CT molecular complexity index is 1130. The third-order valence-corrected chi connectivity index (χ3v) is 6.62. The Balaban J connectivity index is 0.00000408. The van der Waals surface area contributed by atoms with E-state index in [0.29, 0.717) is 33.4 Å². The minimum Gasteiger partial charge on any atom is -0.495 e. The normalized spacial score (nSPS) is 10.8. The molecule has 184 valence electrons. The summed E-state index contributed by atoms with van der Waals surface area (Å²) in [5.74, 6) is 0.589. The summed E-state index contributed by atoms with van der Waals surface area (Å²) in [6.07, 6.45) is 0. The average molecular weight is 529 g/mol. The summed E-state index contributed by atoms with van der Waals surface area (Å²) in [6.45, 7) is 6.52. The summed E-state index contributed by atoms with van der Waals surface area (Å²) < 4.78 is 11.6. The van der Waals surface area contributed by atoms with Crippen molar-refractivity contribution in [3.63, 3.8) is 0 Å². The molecule has 1 heterocycles. The van der Waals surface area contributed by atoms with Crippen LogP contribution >= 0.6 is 35.3 Å². The number of nitrogens with zero attached hydrogens (tertiary/aromatic N) is 4. The van der Waals surface area contributed by atoms with Gasteiger partial charge in [0, 0.05) is 24.2 Å². The summed E-state index contributed by atoms with van der Waals surface area (Å²) in [5, 5.41) is 12.2. The number of carbonyl (C=O) groups is 1. The lowest BCUT2D eigenvalue weighted by Crippen LogP contribution is -2.39. The maximum absolute atomic E-state index is 13.6. The number of nitro benzene ring substituents is 1. The first kappa shape index (κ1) is 27.6. The molecule has 0 N–H and O–H groups in total. The van der Waals surface area contributed by atoms with Gasteiger partial charge in [0.25, 0.3) is 11.6 Å². The fourth-order valence-corrected chi connectivity index (χ4v) is 4.71. The molecule has 1 amide bonds. The Hall–Kier alpha value is -2.66. The molecule has 0 radical (unpaired) electrons. The topological polar surface area (TPSA) is 98.0 Å². The second kappa shape index (κ2) is 12.2. The molecule has 0 aliphatic rings. The van der Waals surface area contributed by atoms with Gasteiger partial charge in [-0.3, -0.25) is 19.8 Å². The maximum Gasteiger partial charge on any atom is 0.282 e. The molecule has 0 atom stereocenters. The van der Waals surface area contributed by atoms with Crippen molar-refractivity contribution >= 4 is 62.3 Å². The first-order valence-electron chi connectivity index (χ1n) is 10.3. The predicted molar refractivity (Wildman–Crippen MR) is 138 cm³/mol. The molecular formula is C22H26Cl2N4O5S. The summed E-state index contributed by atoms with van der Waals surface area (Å²) in [5.41, 5.74) is 0.150. The van der Waals surface area contributed by atoms with E-state index in [1.165, 1.54) is 34.4 Å². The zero-order chi connectivity index (χ0) is 24.1. The van der Waals surface area contributed by atoms with Gasteiger partial charge in [0.1, 0.15) is 27.3 Å². The van der Waals surface area contributed by atoms with Crippen LogP contribution in [0.4, 0.5) is 10.8 Å². The predicted octanol–water partition coefficient (Wildman–Crippen LogP) is 5.29. The standard InChI is InChI=1S/C22H25ClN4O5S.ClH/c1-5-25(6-2)11-12-26(21(28)15-13-14(23)7-8-16(15)27(29)30)22-24-19-17(31-3)9-10-18(32-4)20(19)33-22;/h7-10,13H,5-6,11-12H2,1-4H3;1H. The number of carbonyl (C=O) groups excluding carboxylic acids is 1. The van der Waals surface area contributed by atoms with E-state index in [1.54, 1.807) is 26.4 Å². The summed E-state index contributed by atoms with van der Waals surface area (Å²) in [7, 11) is 3.10. The number of anilines is 1. The number of aromatic nitrogens is 1. The van der Waals surface area contributed by atoms with E-state index in [1.807, 2.05) is 13.8 Å². The van der Waals surface area contributed by atoms with Crippen molar-refractivity contribution in [2.75, 3.05) is 45.3 Å². The summed E-state index contributed by atoms with van der Waals surface area (Å²) in [6, 6.07) is 7.47. The van der Waals surface area contributed by atoms with Crippen LogP contribution in [0.15, 0.2) is 30.3 Å². The molecule has 0 aliphatic carbocycles. The number of halogens is 2. The third-order valence-electron chi connectivity index (χ3n) is 5.29. The Morgan fingerprint density at radius 2 is 1.76 bits per heavy atom. The molecule has 0 unspecified atom stereocenters. The molecule has 0 aliphatic heterocycles. The molecule has 12 heteroatoms. The van der Waals surface area contributed by atoms with Gasteiger partial charge in [-0.2, -0.15) is 0 Å². The number of thiazole rings is 1. The molecule has 0 saturated heterocycles. The Morgan fingerprint density at radius 1 is 1.12 bits per heavy atom. The van der Waals surface area contributed by atoms with Gasteiger partial charge in [-0.25, -0.2) is 4.98 Å². The zero-order valence-corrected chi connectivity index (χ0v) is 21.6. The van der Waals surface area contributed by atoms with Crippen LogP contribution in [0.25, 0.3) is 10.2 Å². The molecule has 3 rings (SSSR count). The van der Waals surface area contributed by atoms with E-state index in [0.717, 1.165) is 13.1 Å². The minimum atomic E-state index is -0.587. The van der Waals surface area contributed by atoms with Gasteiger partial charge in [0.05, 0.1) is 19.1 Å². The maximum atomic E-state index is 13.6. The van der Waals surface area contributed by atoms with Crippen LogP contribution in [0.3, 0.4) is 0 Å². The lowest BCUT2D eigenvalue weighted by Gasteiger charge is -2.24. The number of ether oxygens (including phenoxy) is 2. The zero-order valence-electron chi connectivity index (χ0n) is 19.2. The molecule has 2 aromatic carbocycles. The van der Waals surface area contributed by atoms with E-state index in [-0.39, 0.29) is 35.2 Å². The number of fused-ring (bicyclic) bond motifs is 1. The molecule has 0 bridgehead atoms. The van der Waals surface area contributed by atoms with E-state index >= 15 is 0 Å². The van der Waals surface area contributed by atoms with Gasteiger partial charge in [0.2, 0.25) is 0 Å². The van der Waals surface area contributed by atoms with Crippen LogP contribution in [0.2, 0.25) is 5.02 Å². The van der Waals surface area contributed by atoms with Gasteiger partial charge in [-0.05, 0) is 37.4 Å². The molecule has 34 heavy (non-hydrogen) atoms. The second-order valence-electron chi connectivity index (χ2n) is 7.05. The number of hydrogen-bond acceptors (Lipinski definition) is 8. The summed E-state index contributed by atoms with van der Waals surface area (Å²) >= 11 is 7.35. The smallest absolute Gasteiger partial charge is 0.282 e. The van der Waals surface area contributed by atoms with Gasteiger partial charge in [0.15, 0.2) is 5.13 Å². The van der Waals surface area contributed by atoms with Crippen molar-refractivity contribution < 1.29 is 19.2 Å².